The Kier molecular flexibility index (Phi) is 8.14. The first-order chi connectivity index (χ1) is 10.7. The molecule has 0 unspecified atom stereocenters. The fourth-order valence-corrected chi connectivity index (χ4v) is 2.43. The lowest BCUT2D eigenvalue weighted by Gasteiger charge is -2.29. The summed E-state index contributed by atoms with van der Waals surface area (Å²) >= 11 is 0. The smallest absolute Gasteiger partial charge is 0.240 e. The summed E-state index contributed by atoms with van der Waals surface area (Å²) in [6, 6.07) is 3.51. The maximum absolute atomic E-state index is 12.2. The molecule has 9 heteroatoms. The molecule has 1 aliphatic heterocycles. The Bertz CT molecular complexity index is 639. The second-order valence-electron chi connectivity index (χ2n) is 5.22. The van der Waals surface area contributed by atoms with Crippen LogP contribution in [-0.4, -0.2) is 45.7 Å². The minimum Gasteiger partial charge on any atom is -0.375 e. The van der Waals surface area contributed by atoms with Gasteiger partial charge in [-0.1, -0.05) is 0 Å². The molecule has 3 rings (SSSR count). The highest BCUT2D eigenvalue weighted by atomic mass is 35.5. The number of hydrogen-bond donors (Lipinski definition) is 2. The number of rotatable bonds is 4. The number of ether oxygens (including phenoxy) is 1. The highest BCUT2D eigenvalue weighted by molar-refractivity contribution is 5.85. The minimum absolute atomic E-state index is 0. The number of hydrogen-bond acceptors (Lipinski definition) is 5. The molecule has 0 radical (unpaired) electrons. The summed E-state index contributed by atoms with van der Waals surface area (Å²) in [6.45, 7) is 3.69. The summed E-state index contributed by atoms with van der Waals surface area (Å²) in [5.41, 5.74) is 0.983. The third kappa shape index (κ3) is 4.91. The van der Waals surface area contributed by atoms with Gasteiger partial charge >= 0.3 is 0 Å². The first-order valence-corrected chi connectivity index (χ1v) is 7.30. The lowest BCUT2D eigenvalue weighted by atomic mass is 10.1. The molecule has 2 aromatic rings. The van der Waals surface area contributed by atoms with Crippen molar-refractivity contribution >= 4 is 30.7 Å². The number of pyridine rings is 1. The van der Waals surface area contributed by atoms with Crippen LogP contribution in [0.1, 0.15) is 12.5 Å². The van der Waals surface area contributed by atoms with Crippen molar-refractivity contribution in [2.75, 3.05) is 13.2 Å². The van der Waals surface area contributed by atoms with Gasteiger partial charge in [0.2, 0.25) is 5.91 Å². The molecule has 0 bridgehead atoms. The number of carbonyl (C=O) groups excluding carboxylic acids is 1. The second kappa shape index (κ2) is 9.58. The SMILES string of the molecule is C[C@H]1OCCN[C@@H]1C(=O)NCc1ccnc(-n2ccnc2)c1.Cl.Cl. The van der Waals surface area contributed by atoms with Gasteiger partial charge in [0.1, 0.15) is 18.2 Å². The number of halogens is 2. The van der Waals surface area contributed by atoms with E-state index in [2.05, 4.69) is 20.6 Å². The van der Waals surface area contributed by atoms with E-state index in [1.54, 1.807) is 18.7 Å². The van der Waals surface area contributed by atoms with Gasteiger partial charge in [-0.25, -0.2) is 9.97 Å². The molecule has 0 aromatic carbocycles. The molecule has 0 saturated carbocycles. The molecule has 1 amide bonds. The number of nitrogens with one attached hydrogen (secondary N) is 2. The zero-order valence-corrected chi connectivity index (χ0v) is 14.8. The number of nitrogens with zero attached hydrogens (tertiary/aromatic N) is 3. The molecule has 3 heterocycles. The Hall–Kier alpha value is -1.67. The molecule has 2 aromatic heterocycles. The summed E-state index contributed by atoms with van der Waals surface area (Å²) in [5, 5.41) is 6.11. The van der Waals surface area contributed by atoms with E-state index in [-0.39, 0.29) is 42.9 Å². The molecule has 1 aliphatic rings. The predicted molar refractivity (Wildman–Crippen MR) is 94.9 cm³/mol. The lowest BCUT2D eigenvalue weighted by molar-refractivity contribution is -0.129. The van der Waals surface area contributed by atoms with E-state index in [4.69, 9.17) is 4.74 Å². The summed E-state index contributed by atoms with van der Waals surface area (Å²) in [4.78, 5) is 20.5. The first-order valence-electron chi connectivity index (χ1n) is 7.30. The molecule has 24 heavy (non-hydrogen) atoms. The van der Waals surface area contributed by atoms with Crippen LogP contribution in [-0.2, 0) is 16.1 Å². The van der Waals surface area contributed by atoms with Crippen molar-refractivity contribution in [3.8, 4) is 5.82 Å². The normalized spacial score (nSPS) is 19.7. The third-order valence-electron chi connectivity index (χ3n) is 3.64. The highest BCUT2D eigenvalue weighted by Crippen LogP contribution is 2.08. The number of amides is 1. The van der Waals surface area contributed by atoms with Crippen LogP contribution < -0.4 is 10.6 Å². The van der Waals surface area contributed by atoms with Crippen LogP contribution in [0, 0.1) is 0 Å². The van der Waals surface area contributed by atoms with Crippen LogP contribution in [0.2, 0.25) is 0 Å². The molecule has 2 atom stereocenters. The first kappa shape index (κ1) is 20.4. The van der Waals surface area contributed by atoms with E-state index in [9.17, 15) is 4.79 Å². The van der Waals surface area contributed by atoms with Crippen molar-refractivity contribution in [2.45, 2.75) is 25.6 Å². The Balaban J connectivity index is 0.00000144. The van der Waals surface area contributed by atoms with Gasteiger partial charge < -0.3 is 15.4 Å². The molecular weight excluding hydrogens is 353 g/mol. The average Bonchev–Trinajstić information content (AvgIpc) is 3.08. The molecular formula is C15H21Cl2N5O2. The topological polar surface area (TPSA) is 81.1 Å². The van der Waals surface area contributed by atoms with E-state index in [0.29, 0.717) is 19.7 Å². The van der Waals surface area contributed by atoms with Crippen molar-refractivity contribution in [3.63, 3.8) is 0 Å². The second-order valence-corrected chi connectivity index (χ2v) is 5.22. The maximum Gasteiger partial charge on any atom is 0.240 e. The van der Waals surface area contributed by atoms with Gasteiger partial charge in [0.05, 0.1) is 12.7 Å². The van der Waals surface area contributed by atoms with Crippen LogP contribution >= 0.6 is 24.8 Å². The van der Waals surface area contributed by atoms with Gasteiger partial charge in [-0.3, -0.25) is 9.36 Å². The highest BCUT2D eigenvalue weighted by Gasteiger charge is 2.27. The van der Waals surface area contributed by atoms with Crippen LogP contribution in [0.25, 0.3) is 5.82 Å². The molecule has 2 N–H and O–H groups in total. The van der Waals surface area contributed by atoms with E-state index < -0.39 is 0 Å². The Morgan fingerprint density at radius 3 is 3.00 bits per heavy atom. The number of imidazole rings is 1. The zero-order valence-electron chi connectivity index (χ0n) is 13.2. The quantitative estimate of drug-likeness (QED) is 0.838. The molecule has 7 nitrogen and oxygen atoms in total. The van der Waals surface area contributed by atoms with E-state index in [1.807, 2.05) is 29.8 Å². The largest absolute Gasteiger partial charge is 0.375 e. The number of morpholine rings is 1. The van der Waals surface area contributed by atoms with Crippen molar-refractivity contribution in [1.82, 2.24) is 25.2 Å². The van der Waals surface area contributed by atoms with Gasteiger partial charge in [-0.2, -0.15) is 0 Å². The van der Waals surface area contributed by atoms with Gasteiger partial charge in [0, 0.05) is 31.7 Å². The Morgan fingerprint density at radius 2 is 2.29 bits per heavy atom. The maximum atomic E-state index is 12.2. The fraction of sp³-hybridized carbons (Fsp3) is 0.400. The Labute approximate surface area is 153 Å². The van der Waals surface area contributed by atoms with Crippen molar-refractivity contribution in [1.29, 1.82) is 0 Å². The lowest BCUT2D eigenvalue weighted by Crippen LogP contribution is -2.55. The zero-order chi connectivity index (χ0) is 15.4. The number of carbonyl (C=O) groups is 1. The standard InChI is InChI=1S/C15H19N5O2.2ClH/c1-11-14(18-5-7-22-11)15(21)19-9-12-2-3-17-13(8-12)20-6-4-16-10-20;;/h2-4,6,8,10-11,14,18H,5,7,9H2,1H3,(H,19,21);2*1H/t11-,14+;;/m1../s1. The van der Waals surface area contributed by atoms with E-state index in [1.165, 1.54) is 0 Å². The van der Waals surface area contributed by atoms with Gasteiger partial charge in [-0.05, 0) is 24.6 Å². The third-order valence-corrected chi connectivity index (χ3v) is 3.64. The molecule has 1 fully saturated rings. The summed E-state index contributed by atoms with van der Waals surface area (Å²) in [7, 11) is 0. The molecule has 0 spiro atoms. The van der Waals surface area contributed by atoms with Gasteiger partial charge in [0.25, 0.3) is 0 Å². The molecule has 132 valence electrons. The van der Waals surface area contributed by atoms with Gasteiger partial charge in [-0.15, -0.1) is 24.8 Å². The van der Waals surface area contributed by atoms with Crippen molar-refractivity contribution in [3.05, 3.63) is 42.6 Å². The van der Waals surface area contributed by atoms with Crippen LogP contribution in [0.3, 0.4) is 0 Å². The Morgan fingerprint density at radius 1 is 1.46 bits per heavy atom. The average molecular weight is 374 g/mol. The summed E-state index contributed by atoms with van der Waals surface area (Å²) < 4.78 is 7.31. The van der Waals surface area contributed by atoms with Crippen LogP contribution in [0.4, 0.5) is 0 Å². The summed E-state index contributed by atoms with van der Waals surface area (Å²) in [5.74, 6) is 0.727. The molecule has 1 saturated heterocycles. The minimum atomic E-state index is -0.302. The van der Waals surface area contributed by atoms with Crippen LogP contribution in [0.15, 0.2) is 37.1 Å². The molecule has 0 aliphatic carbocycles. The number of aromatic nitrogens is 3. The van der Waals surface area contributed by atoms with E-state index >= 15 is 0 Å². The monoisotopic (exact) mass is 373 g/mol. The predicted octanol–water partition coefficient (Wildman–Crippen LogP) is 1.10. The van der Waals surface area contributed by atoms with E-state index in [0.717, 1.165) is 11.4 Å². The summed E-state index contributed by atoms with van der Waals surface area (Å²) in [6.07, 6.45) is 6.83. The fourth-order valence-electron chi connectivity index (χ4n) is 2.43. The van der Waals surface area contributed by atoms with Crippen LogP contribution in [0.5, 0.6) is 0 Å². The van der Waals surface area contributed by atoms with Gasteiger partial charge in [0.15, 0.2) is 0 Å². The van der Waals surface area contributed by atoms with Crippen molar-refractivity contribution < 1.29 is 9.53 Å². The van der Waals surface area contributed by atoms with Crippen molar-refractivity contribution in [2.24, 2.45) is 0 Å².